The van der Waals surface area contributed by atoms with Gasteiger partial charge in [0.2, 0.25) is 5.91 Å². The van der Waals surface area contributed by atoms with Crippen LogP contribution in [-0.2, 0) is 11.3 Å². The molecule has 2 aromatic carbocycles. The first-order valence-corrected chi connectivity index (χ1v) is 10.5. The lowest BCUT2D eigenvalue weighted by molar-refractivity contribution is -0.138. The van der Waals surface area contributed by atoms with Gasteiger partial charge in [0, 0.05) is 35.9 Å². The number of hydrogen-bond acceptors (Lipinski definition) is 3. The molecule has 0 aliphatic heterocycles. The number of nitrogens with zero attached hydrogens (tertiary/aromatic N) is 4. The van der Waals surface area contributed by atoms with E-state index in [0.717, 1.165) is 35.3 Å². The third kappa shape index (κ3) is 3.83. The number of benzene rings is 2. The van der Waals surface area contributed by atoms with E-state index in [1.54, 1.807) is 11.9 Å². The van der Waals surface area contributed by atoms with Gasteiger partial charge in [0.05, 0.1) is 17.5 Å². The van der Waals surface area contributed by atoms with E-state index < -0.39 is 5.41 Å². The van der Waals surface area contributed by atoms with E-state index in [4.69, 9.17) is 16.7 Å². The van der Waals surface area contributed by atoms with Gasteiger partial charge in [-0.15, -0.1) is 0 Å². The molecule has 0 spiro atoms. The zero-order valence-electron chi connectivity index (χ0n) is 16.9. The minimum absolute atomic E-state index is 0.1000. The summed E-state index contributed by atoms with van der Waals surface area (Å²) < 4.78 is 1.83. The normalized spacial score (nSPS) is 15.0. The Bertz CT molecular complexity index is 1080. The van der Waals surface area contributed by atoms with Crippen molar-refractivity contribution in [1.82, 2.24) is 14.7 Å². The van der Waals surface area contributed by atoms with Gasteiger partial charge < -0.3 is 4.90 Å². The van der Waals surface area contributed by atoms with Crippen LogP contribution in [0.25, 0.3) is 16.9 Å². The van der Waals surface area contributed by atoms with Crippen molar-refractivity contribution in [1.29, 1.82) is 5.26 Å². The van der Waals surface area contributed by atoms with Crippen LogP contribution >= 0.6 is 11.6 Å². The summed E-state index contributed by atoms with van der Waals surface area (Å²) in [6.07, 6.45) is 5.08. The van der Waals surface area contributed by atoms with Crippen molar-refractivity contribution in [3.05, 3.63) is 71.4 Å². The van der Waals surface area contributed by atoms with Crippen molar-refractivity contribution < 1.29 is 4.79 Å². The number of rotatable bonds is 5. The molecule has 0 N–H and O–H groups in total. The summed E-state index contributed by atoms with van der Waals surface area (Å²) in [6.45, 7) is 0.382. The van der Waals surface area contributed by atoms with Crippen LogP contribution in [0.2, 0.25) is 5.02 Å². The van der Waals surface area contributed by atoms with Crippen molar-refractivity contribution in [2.45, 2.75) is 32.2 Å². The van der Waals surface area contributed by atoms with Crippen molar-refractivity contribution in [2.24, 2.45) is 5.41 Å². The molecule has 152 valence electrons. The number of carbonyl (C=O) groups is 1. The molecule has 1 aliphatic carbocycles. The number of halogens is 1. The van der Waals surface area contributed by atoms with E-state index in [1.807, 2.05) is 65.5 Å². The molecule has 0 unspecified atom stereocenters. The summed E-state index contributed by atoms with van der Waals surface area (Å²) in [6, 6.07) is 19.7. The molecule has 0 bridgehead atoms. The quantitative estimate of drug-likeness (QED) is 0.569. The molecule has 30 heavy (non-hydrogen) atoms. The van der Waals surface area contributed by atoms with Gasteiger partial charge in [0.15, 0.2) is 0 Å². The number of amides is 1. The van der Waals surface area contributed by atoms with E-state index in [0.29, 0.717) is 24.4 Å². The molecule has 0 atom stereocenters. The maximum Gasteiger partial charge on any atom is 0.243 e. The lowest BCUT2D eigenvalue weighted by Crippen LogP contribution is -2.39. The molecule has 1 aromatic heterocycles. The molecular formula is C24H23ClN4O. The van der Waals surface area contributed by atoms with Crippen LogP contribution in [-0.4, -0.2) is 27.6 Å². The molecule has 5 nitrogen and oxygen atoms in total. The van der Waals surface area contributed by atoms with Crippen LogP contribution in [0.15, 0.2) is 60.8 Å². The molecule has 0 radical (unpaired) electrons. The van der Waals surface area contributed by atoms with Crippen molar-refractivity contribution in [2.75, 3.05) is 7.05 Å². The average molecular weight is 419 g/mol. The second-order valence-corrected chi connectivity index (χ2v) is 8.29. The maximum atomic E-state index is 13.1. The van der Waals surface area contributed by atoms with Gasteiger partial charge >= 0.3 is 0 Å². The SMILES string of the molecule is CN(Cc1cn(-c2ccccc2)nc1-c1ccc(Cl)cc1)C(=O)C1(C#N)CCCC1. The molecule has 6 heteroatoms. The highest BCUT2D eigenvalue weighted by atomic mass is 35.5. The zero-order valence-corrected chi connectivity index (χ0v) is 17.6. The average Bonchev–Trinajstić information content (AvgIpc) is 3.42. The summed E-state index contributed by atoms with van der Waals surface area (Å²) in [5.41, 5.74) is 2.71. The topological polar surface area (TPSA) is 61.9 Å². The van der Waals surface area contributed by atoms with Gasteiger partial charge in [-0.05, 0) is 37.1 Å². The monoisotopic (exact) mass is 418 g/mol. The zero-order chi connectivity index (χ0) is 21.1. The molecule has 0 saturated heterocycles. The fourth-order valence-electron chi connectivity index (χ4n) is 4.13. The second-order valence-electron chi connectivity index (χ2n) is 7.85. The Morgan fingerprint density at radius 1 is 1.17 bits per heavy atom. The Morgan fingerprint density at radius 3 is 2.47 bits per heavy atom. The Kier molecular flexibility index (Phi) is 5.61. The standard InChI is InChI=1S/C24H23ClN4O/c1-28(23(30)24(17-26)13-5-6-14-24)15-19-16-29(21-7-3-2-4-8-21)27-22(19)18-9-11-20(25)12-10-18/h2-4,7-12,16H,5-6,13-15H2,1H3. The fourth-order valence-corrected chi connectivity index (χ4v) is 4.26. The molecule has 4 rings (SSSR count). The van der Waals surface area contributed by atoms with Crippen molar-refractivity contribution >= 4 is 17.5 Å². The van der Waals surface area contributed by atoms with Crippen LogP contribution < -0.4 is 0 Å². The highest BCUT2D eigenvalue weighted by Crippen LogP contribution is 2.39. The van der Waals surface area contributed by atoms with Crippen LogP contribution in [0.3, 0.4) is 0 Å². The lowest BCUT2D eigenvalue weighted by atomic mass is 9.86. The Morgan fingerprint density at radius 2 is 1.83 bits per heavy atom. The maximum absolute atomic E-state index is 13.1. The highest BCUT2D eigenvalue weighted by Gasteiger charge is 2.43. The first-order chi connectivity index (χ1) is 14.5. The number of aromatic nitrogens is 2. The number of nitriles is 1. The third-order valence-electron chi connectivity index (χ3n) is 5.76. The molecule has 1 aliphatic rings. The second kappa shape index (κ2) is 8.33. The third-order valence-corrected chi connectivity index (χ3v) is 6.02. The minimum atomic E-state index is -0.884. The first kappa shape index (κ1) is 20.2. The summed E-state index contributed by atoms with van der Waals surface area (Å²) in [4.78, 5) is 14.8. The predicted molar refractivity (Wildman–Crippen MR) is 117 cm³/mol. The molecular weight excluding hydrogens is 396 g/mol. The Balaban J connectivity index is 1.69. The summed E-state index contributed by atoms with van der Waals surface area (Å²) >= 11 is 6.06. The van der Waals surface area contributed by atoms with E-state index in [9.17, 15) is 10.1 Å². The molecule has 1 saturated carbocycles. The van der Waals surface area contributed by atoms with Crippen LogP contribution in [0.1, 0.15) is 31.2 Å². The van der Waals surface area contributed by atoms with E-state index in [2.05, 4.69) is 6.07 Å². The van der Waals surface area contributed by atoms with E-state index in [1.165, 1.54) is 0 Å². The van der Waals surface area contributed by atoms with Gasteiger partial charge in [-0.3, -0.25) is 4.79 Å². The number of carbonyl (C=O) groups excluding carboxylic acids is 1. The van der Waals surface area contributed by atoms with E-state index in [-0.39, 0.29) is 5.91 Å². The summed E-state index contributed by atoms with van der Waals surface area (Å²) in [5.74, 6) is -0.1000. The molecule has 1 amide bonds. The van der Waals surface area contributed by atoms with Crippen LogP contribution in [0.4, 0.5) is 0 Å². The van der Waals surface area contributed by atoms with Gasteiger partial charge in [-0.25, -0.2) is 4.68 Å². The van der Waals surface area contributed by atoms with Gasteiger partial charge in [0.25, 0.3) is 0 Å². The number of para-hydroxylation sites is 1. The van der Waals surface area contributed by atoms with Gasteiger partial charge in [-0.1, -0.05) is 54.8 Å². The molecule has 1 fully saturated rings. The first-order valence-electron chi connectivity index (χ1n) is 10.1. The largest absolute Gasteiger partial charge is 0.340 e. The summed E-state index contributed by atoms with van der Waals surface area (Å²) in [5, 5.41) is 15.1. The van der Waals surface area contributed by atoms with E-state index >= 15 is 0 Å². The fraction of sp³-hybridized carbons (Fsp3) is 0.292. The highest BCUT2D eigenvalue weighted by molar-refractivity contribution is 6.30. The van der Waals surface area contributed by atoms with Crippen molar-refractivity contribution in [3.8, 4) is 23.0 Å². The van der Waals surface area contributed by atoms with Crippen LogP contribution in [0, 0.1) is 16.7 Å². The Labute approximate surface area is 181 Å². The van der Waals surface area contributed by atoms with Crippen molar-refractivity contribution in [3.63, 3.8) is 0 Å². The van der Waals surface area contributed by atoms with Gasteiger partial charge in [-0.2, -0.15) is 10.4 Å². The van der Waals surface area contributed by atoms with Crippen LogP contribution in [0.5, 0.6) is 0 Å². The predicted octanol–water partition coefficient (Wildman–Crippen LogP) is 5.24. The molecule has 1 heterocycles. The molecule has 3 aromatic rings. The van der Waals surface area contributed by atoms with Gasteiger partial charge in [0.1, 0.15) is 5.41 Å². The smallest absolute Gasteiger partial charge is 0.243 e. The minimum Gasteiger partial charge on any atom is -0.340 e. The lowest BCUT2D eigenvalue weighted by Gasteiger charge is -2.26. The summed E-state index contributed by atoms with van der Waals surface area (Å²) in [7, 11) is 1.77. The Hall–Kier alpha value is -3.10. The number of hydrogen-bond donors (Lipinski definition) is 0.